The first-order valence-corrected chi connectivity index (χ1v) is 4.37. The van der Waals surface area contributed by atoms with Crippen molar-refractivity contribution in [3.8, 4) is 11.4 Å². The number of aromatic nitrogens is 3. The molecular weight excluding hydrogens is 214 g/mol. The second-order valence-corrected chi connectivity index (χ2v) is 2.99. The summed E-state index contributed by atoms with van der Waals surface area (Å²) in [6.45, 7) is -0.486. The third-order valence-corrected chi connectivity index (χ3v) is 1.92. The van der Waals surface area contributed by atoms with Crippen LogP contribution in [0.25, 0.3) is 11.4 Å². The Labute approximate surface area is 89.0 Å². The highest BCUT2D eigenvalue weighted by molar-refractivity contribution is 5.67. The summed E-state index contributed by atoms with van der Waals surface area (Å²) in [7, 11) is 0. The van der Waals surface area contributed by atoms with Gasteiger partial charge in [-0.05, 0) is 12.1 Å². The molecular formula is C9H7N3O4. The zero-order valence-corrected chi connectivity index (χ0v) is 8.03. The largest absolute Gasteiger partial charge is 0.480 e. The van der Waals surface area contributed by atoms with Gasteiger partial charge in [0.05, 0.1) is 0 Å². The van der Waals surface area contributed by atoms with Gasteiger partial charge >= 0.3 is 11.7 Å². The lowest BCUT2D eigenvalue weighted by atomic mass is 10.2. The molecule has 7 nitrogen and oxygen atoms in total. The van der Waals surface area contributed by atoms with Crippen molar-refractivity contribution in [1.82, 2.24) is 14.7 Å². The Bertz CT molecular complexity index is 558. The maximum atomic E-state index is 11.2. The maximum absolute atomic E-state index is 11.2. The number of pyridine rings is 1. The molecule has 0 radical (unpaired) electrons. The fourth-order valence-corrected chi connectivity index (χ4v) is 1.25. The van der Waals surface area contributed by atoms with Gasteiger partial charge < -0.3 is 5.11 Å². The van der Waals surface area contributed by atoms with Crippen LogP contribution in [0, 0.1) is 0 Å². The van der Waals surface area contributed by atoms with Gasteiger partial charge in [-0.3, -0.25) is 14.3 Å². The van der Waals surface area contributed by atoms with E-state index < -0.39 is 18.3 Å². The van der Waals surface area contributed by atoms with E-state index in [1.165, 1.54) is 12.4 Å². The molecule has 2 aromatic rings. The molecule has 2 rings (SSSR count). The molecule has 2 aromatic heterocycles. The number of aliphatic carboxylic acids is 1. The van der Waals surface area contributed by atoms with Crippen molar-refractivity contribution in [2.75, 3.05) is 0 Å². The number of nitrogens with zero attached hydrogens (tertiary/aromatic N) is 3. The van der Waals surface area contributed by atoms with E-state index >= 15 is 0 Å². The highest BCUT2D eigenvalue weighted by atomic mass is 16.5. The minimum atomic E-state index is -1.14. The van der Waals surface area contributed by atoms with E-state index in [-0.39, 0.29) is 5.82 Å². The monoisotopic (exact) mass is 221 g/mol. The van der Waals surface area contributed by atoms with Crippen LogP contribution >= 0.6 is 0 Å². The Morgan fingerprint density at radius 1 is 1.44 bits per heavy atom. The molecule has 0 amide bonds. The summed E-state index contributed by atoms with van der Waals surface area (Å²) in [6, 6.07) is 3.21. The van der Waals surface area contributed by atoms with Crippen molar-refractivity contribution in [1.29, 1.82) is 0 Å². The molecule has 2 heterocycles. The van der Waals surface area contributed by atoms with Crippen LogP contribution in [-0.2, 0) is 11.3 Å². The predicted octanol–water partition coefficient (Wildman–Crippen LogP) is -0.0171. The SMILES string of the molecule is O=C(O)Cn1c(-c2ccncc2)noc1=O. The molecule has 0 unspecified atom stereocenters. The molecule has 82 valence electrons. The van der Waals surface area contributed by atoms with E-state index in [4.69, 9.17) is 5.11 Å². The molecule has 16 heavy (non-hydrogen) atoms. The molecule has 0 aliphatic carbocycles. The quantitative estimate of drug-likeness (QED) is 0.782. The highest BCUT2D eigenvalue weighted by Crippen LogP contribution is 2.13. The number of carboxylic acids is 1. The summed E-state index contributed by atoms with van der Waals surface area (Å²) in [4.78, 5) is 25.6. The minimum absolute atomic E-state index is 0.176. The van der Waals surface area contributed by atoms with E-state index in [2.05, 4.69) is 14.7 Å². The first-order chi connectivity index (χ1) is 7.68. The van der Waals surface area contributed by atoms with Gasteiger partial charge in [0.1, 0.15) is 6.54 Å². The minimum Gasteiger partial charge on any atom is -0.480 e. The summed E-state index contributed by atoms with van der Waals surface area (Å²) in [5.41, 5.74) is 0.571. The molecule has 0 saturated heterocycles. The van der Waals surface area contributed by atoms with Crippen molar-refractivity contribution in [3.63, 3.8) is 0 Å². The van der Waals surface area contributed by atoms with Crippen LogP contribution in [0.2, 0.25) is 0 Å². The molecule has 0 aliphatic rings. The number of carbonyl (C=O) groups is 1. The van der Waals surface area contributed by atoms with Crippen molar-refractivity contribution in [3.05, 3.63) is 35.1 Å². The van der Waals surface area contributed by atoms with E-state index in [0.717, 1.165) is 4.57 Å². The smallest absolute Gasteiger partial charge is 0.442 e. The summed E-state index contributed by atoms with van der Waals surface area (Å²) in [5, 5.41) is 12.2. The van der Waals surface area contributed by atoms with Crippen LogP contribution < -0.4 is 5.76 Å². The van der Waals surface area contributed by atoms with Gasteiger partial charge in [0, 0.05) is 18.0 Å². The average Bonchev–Trinajstić information content (AvgIpc) is 2.61. The lowest BCUT2D eigenvalue weighted by molar-refractivity contribution is -0.137. The summed E-state index contributed by atoms with van der Waals surface area (Å²) in [6.07, 6.45) is 3.03. The van der Waals surface area contributed by atoms with Crippen LogP contribution in [0.15, 0.2) is 33.8 Å². The molecule has 1 N–H and O–H groups in total. The molecule has 0 bridgehead atoms. The Hall–Kier alpha value is -2.44. The summed E-state index contributed by atoms with van der Waals surface area (Å²) < 4.78 is 5.37. The predicted molar refractivity (Wildman–Crippen MR) is 51.6 cm³/mol. The zero-order valence-electron chi connectivity index (χ0n) is 8.03. The van der Waals surface area contributed by atoms with E-state index in [1.807, 2.05) is 0 Å². The van der Waals surface area contributed by atoms with Crippen molar-refractivity contribution < 1.29 is 14.4 Å². The molecule has 0 atom stereocenters. The Balaban J connectivity index is 2.50. The average molecular weight is 221 g/mol. The summed E-state index contributed by atoms with van der Waals surface area (Å²) in [5.74, 6) is -1.76. The third-order valence-electron chi connectivity index (χ3n) is 1.92. The molecule has 0 aromatic carbocycles. The topological polar surface area (TPSA) is 98.2 Å². The van der Waals surface area contributed by atoms with Crippen molar-refractivity contribution in [2.24, 2.45) is 0 Å². The van der Waals surface area contributed by atoms with Crippen molar-refractivity contribution >= 4 is 5.97 Å². The van der Waals surface area contributed by atoms with E-state index in [0.29, 0.717) is 5.56 Å². The zero-order chi connectivity index (χ0) is 11.5. The first kappa shape index (κ1) is 10.1. The maximum Gasteiger partial charge on any atom is 0.442 e. The molecule has 0 spiro atoms. The van der Waals surface area contributed by atoms with Crippen LogP contribution in [0.5, 0.6) is 0 Å². The number of hydrogen-bond acceptors (Lipinski definition) is 5. The van der Waals surface area contributed by atoms with Crippen LogP contribution in [0.4, 0.5) is 0 Å². The van der Waals surface area contributed by atoms with Gasteiger partial charge in [-0.2, -0.15) is 0 Å². The van der Waals surface area contributed by atoms with Gasteiger partial charge in [-0.1, -0.05) is 5.16 Å². The second kappa shape index (κ2) is 3.97. The van der Waals surface area contributed by atoms with Gasteiger partial charge in [0.15, 0.2) is 5.82 Å². The number of carboxylic acid groups (broad SMARTS) is 1. The Morgan fingerprint density at radius 2 is 2.12 bits per heavy atom. The lowest BCUT2D eigenvalue weighted by Gasteiger charge is -1.99. The standard InChI is InChI=1S/C9H7N3O4/c13-7(14)5-12-8(11-16-9(12)15)6-1-3-10-4-2-6/h1-4H,5H2,(H,13,14). The van der Waals surface area contributed by atoms with E-state index in [1.54, 1.807) is 12.1 Å². The van der Waals surface area contributed by atoms with Gasteiger partial charge in [-0.15, -0.1) is 0 Å². The highest BCUT2D eigenvalue weighted by Gasteiger charge is 2.14. The summed E-state index contributed by atoms with van der Waals surface area (Å²) >= 11 is 0. The molecule has 0 saturated carbocycles. The fraction of sp³-hybridized carbons (Fsp3) is 0.111. The van der Waals surface area contributed by atoms with Gasteiger partial charge in [-0.25, -0.2) is 9.36 Å². The second-order valence-electron chi connectivity index (χ2n) is 2.99. The Kier molecular flexibility index (Phi) is 2.50. The number of rotatable bonds is 3. The Morgan fingerprint density at radius 3 is 2.75 bits per heavy atom. The van der Waals surface area contributed by atoms with Gasteiger partial charge in [0.25, 0.3) is 0 Å². The van der Waals surface area contributed by atoms with Crippen LogP contribution in [0.3, 0.4) is 0 Å². The fourth-order valence-electron chi connectivity index (χ4n) is 1.25. The van der Waals surface area contributed by atoms with E-state index in [9.17, 15) is 9.59 Å². The molecule has 0 fully saturated rings. The molecule has 0 aliphatic heterocycles. The molecule has 7 heteroatoms. The lowest BCUT2D eigenvalue weighted by Crippen LogP contribution is -2.20. The first-order valence-electron chi connectivity index (χ1n) is 4.37. The van der Waals surface area contributed by atoms with Crippen LogP contribution in [-0.4, -0.2) is 25.8 Å². The van der Waals surface area contributed by atoms with Crippen molar-refractivity contribution in [2.45, 2.75) is 6.54 Å². The van der Waals surface area contributed by atoms with Crippen LogP contribution in [0.1, 0.15) is 0 Å². The normalized spacial score (nSPS) is 10.2. The number of hydrogen-bond donors (Lipinski definition) is 1. The third kappa shape index (κ3) is 1.83. The van der Waals surface area contributed by atoms with Gasteiger partial charge in [0.2, 0.25) is 0 Å².